The Morgan fingerprint density at radius 2 is 1.77 bits per heavy atom. The molecular weight excluding hydrogens is 472 g/mol. The van der Waals surface area contributed by atoms with Crippen LogP contribution in [0.1, 0.15) is 49.3 Å². The van der Waals surface area contributed by atoms with Gasteiger partial charge in [0.15, 0.2) is 23.0 Å². The number of fused-ring (bicyclic) bond motifs is 1. The third-order valence-electron chi connectivity index (χ3n) is 6.46. The van der Waals surface area contributed by atoms with Crippen molar-refractivity contribution in [2.24, 2.45) is 0 Å². The lowest BCUT2D eigenvalue weighted by Crippen LogP contribution is -2.47. The van der Waals surface area contributed by atoms with Crippen LogP contribution in [0.5, 0.6) is 23.0 Å². The monoisotopic (exact) mass is 502 g/mol. The number of hydrogen-bond acceptors (Lipinski definition) is 6. The van der Waals surface area contributed by atoms with Gasteiger partial charge in [-0.05, 0) is 48.2 Å². The molecule has 0 spiro atoms. The number of nitrogens with zero attached hydrogens (tertiary/aromatic N) is 1. The van der Waals surface area contributed by atoms with E-state index in [2.05, 4.69) is 5.32 Å². The largest absolute Gasteiger partial charge is 0.493 e. The molecule has 1 fully saturated rings. The summed E-state index contributed by atoms with van der Waals surface area (Å²) >= 11 is 6.03. The molecule has 1 aliphatic carbocycles. The molecule has 2 aromatic carbocycles. The summed E-state index contributed by atoms with van der Waals surface area (Å²) in [6.07, 6.45) is 5.18. The number of hydrogen-bond donors (Lipinski definition) is 1. The molecule has 2 amide bonds. The van der Waals surface area contributed by atoms with E-state index in [9.17, 15) is 9.59 Å². The van der Waals surface area contributed by atoms with E-state index in [4.69, 9.17) is 30.5 Å². The number of alkyl halides is 1. The minimum atomic E-state index is -0.909. The molecule has 0 saturated heterocycles. The van der Waals surface area contributed by atoms with Gasteiger partial charge in [-0.25, -0.2) is 0 Å². The molecule has 0 radical (unpaired) electrons. The minimum Gasteiger partial charge on any atom is -0.493 e. The summed E-state index contributed by atoms with van der Waals surface area (Å²) in [6.45, 7) is 0.320. The number of methoxy groups -OCH3 is 2. The highest BCUT2D eigenvalue weighted by Gasteiger charge is 2.33. The van der Waals surface area contributed by atoms with E-state index in [1.807, 2.05) is 12.1 Å². The number of amides is 2. The van der Waals surface area contributed by atoms with E-state index in [0.29, 0.717) is 28.6 Å². The van der Waals surface area contributed by atoms with Crippen LogP contribution in [-0.2, 0) is 16.1 Å². The maximum atomic E-state index is 13.7. The van der Waals surface area contributed by atoms with E-state index < -0.39 is 6.04 Å². The Kier molecular flexibility index (Phi) is 8.23. The second kappa shape index (κ2) is 11.5. The van der Waals surface area contributed by atoms with E-state index in [1.54, 1.807) is 31.4 Å². The maximum Gasteiger partial charge on any atom is 0.247 e. The Hall–Kier alpha value is -3.13. The Labute approximate surface area is 210 Å². The van der Waals surface area contributed by atoms with Crippen LogP contribution >= 0.6 is 11.6 Å². The van der Waals surface area contributed by atoms with Crippen molar-refractivity contribution >= 4 is 23.4 Å². The summed E-state index contributed by atoms with van der Waals surface area (Å²) < 4.78 is 21.7. The topological polar surface area (TPSA) is 86.3 Å². The van der Waals surface area contributed by atoms with E-state index >= 15 is 0 Å². The third-order valence-corrected chi connectivity index (χ3v) is 6.69. The molecule has 1 saturated carbocycles. The van der Waals surface area contributed by atoms with Crippen molar-refractivity contribution in [3.8, 4) is 23.0 Å². The van der Waals surface area contributed by atoms with Crippen molar-refractivity contribution in [3.05, 3.63) is 47.5 Å². The van der Waals surface area contributed by atoms with Crippen LogP contribution in [0.15, 0.2) is 36.4 Å². The fourth-order valence-corrected chi connectivity index (χ4v) is 4.81. The first kappa shape index (κ1) is 25.0. The predicted octanol–water partition coefficient (Wildman–Crippen LogP) is 4.19. The highest BCUT2D eigenvalue weighted by Crippen LogP contribution is 2.36. The zero-order chi connectivity index (χ0) is 24.8. The van der Waals surface area contributed by atoms with Crippen molar-refractivity contribution in [2.45, 2.75) is 50.7 Å². The number of ether oxygens (including phenoxy) is 4. The molecule has 0 aromatic heterocycles. The summed E-state index contributed by atoms with van der Waals surface area (Å²) in [5, 5.41) is 3.18. The molecule has 2 aliphatic rings. The minimum absolute atomic E-state index is 0.0809. The highest BCUT2D eigenvalue weighted by molar-refractivity contribution is 6.27. The zero-order valence-corrected chi connectivity index (χ0v) is 20.8. The van der Waals surface area contributed by atoms with E-state index in [0.717, 1.165) is 31.2 Å². The van der Waals surface area contributed by atoms with Crippen molar-refractivity contribution < 1.29 is 28.5 Å². The number of nitrogens with one attached hydrogen (secondary N) is 1. The lowest BCUT2D eigenvalue weighted by Gasteiger charge is -2.33. The molecule has 9 heteroatoms. The van der Waals surface area contributed by atoms with Gasteiger partial charge in [0.2, 0.25) is 18.6 Å². The number of halogens is 1. The zero-order valence-electron chi connectivity index (χ0n) is 20.1. The molecule has 1 aliphatic heterocycles. The molecule has 188 valence electrons. The van der Waals surface area contributed by atoms with Crippen LogP contribution in [0.4, 0.5) is 0 Å². The first-order valence-electron chi connectivity index (χ1n) is 11.8. The average molecular weight is 503 g/mol. The van der Waals surface area contributed by atoms with Gasteiger partial charge in [0.25, 0.3) is 0 Å². The van der Waals surface area contributed by atoms with Gasteiger partial charge >= 0.3 is 0 Å². The van der Waals surface area contributed by atoms with Gasteiger partial charge in [-0.1, -0.05) is 31.4 Å². The van der Waals surface area contributed by atoms with Crippen molar-refractivity contribution in [3.63, 3.8) is 0 Å². The fourth-order valence-electron chi connectivity index (χ4n) is 4.66. The molecule has 1 N–H and O–H groups in total. The predicted molar refractivity (Wildman–Crippen MR) is 131 cm³/mol. The average Bonchev–Trinajstić information content (AvgIpc) is 3.36. The molecule has 35 heavy (non-hydrogen) atoms. The molecule has 1 unspecified atom stereocenters. The Morgan fingerprint density at radius 3 is 2.49 bits per heavy atom. The van der Waals surface area contributed by atoms with Crippen LogP contribution in [0.3, 0.4) is 0 Å². The summed E-state index contributed by atoms with van der Waals surface area (Å²) in [4.78, 5) is 28.4. The number of benzene rings is 2. The highest BCUT2D eigenvalue weighted by atomic mass is 35.5. The molecule has 1 atom stereocenters. The third kappa shape index (κ3) is 5.75. The van der Waals surface area contributed by atoms with Crippen molar-refractivity contribution in [2.75, 3.05) is 26.9 Å². The standard InChI is InChI=1S/C26H31ClN2O6/c1-32-20-11-9-18(13-22(20)33-2)25(26(31)28-19-6-4-3-5-7-19)29(24(30)14-27)15-17-8-10-21-23(12-17)35-16-34-21/h8-13,19,25H,3-7,14-16H2,1-2H3,(H,28,31). The lowest BCUT2D eigenvalue weighted by molar-refractivity contribution is -0.140. The van der Waals surface area contributed by atoms with Crippen LogP contribution in [-0.4, -0.2) is 49.6 Å². The van der Waals surface area contributed by atoms with Crippen LogP contribution in [0.25, 0.3) is 0 Å². The van der Waals surface area contributed by atoms with Gasteiger partial charge in [0.05, 0.1) is 14.2 Å². The molecule has 0 bridgehead atoms. The number of carbonyl (C=O) groups is 2. The lowest BCUT2D eigenvalue weighted by atomic mass is 9.94. The molecule has 1 heterocycles. The summed E-state index contributed by atoms with van der Waals surface area (Å²) in [6, 6.07) is 9.89. The van der Waals surface area contributed by atoms with E-state index in [1.165, 1.54) is 18.4 Å². The van der Waals surface area contributed by atoms with Gasteiger partial charge in [0.1, 0.15) is 11.9 Å². The Balaban J connectivity index is 1.70. The van der Waals surface area contributed by atoms with Crippen LogP contribution in [0.2, 0.25) is 0 Å². The van der Waals surface area contributed by atoms with Gasteiger partial charge in [-0.15, -0.1) is 11.6 Å². The summed E-state index contributed by atoms with van der Waals surface area (Å²) in [5.41, 5.74) is 1.40. The summed E-state index contributed by atoms with van der Waals surface area (Å²) in [7, 11) is 3.08. The quantitative estimate of drug-likeness (QED) is 0.517. The second-order valence-electron chi connectivity index (χ2n) is 8.70. The van der Waals surface area contributed by atoms with Crippen molar-refractivity contribution in [1.29, 1.82) is 0 Å². The SMILES string of the molecule is COc1ccc(C(C(=O)NC2CCCCC2)N(Cc2ccc3c(c2)OCO3)C(=O)CCl)cc1OC. The summed E-state index contributed by atoms with van der Waals surface area (Å²) in [5.74, 6) is 1.40. The number of carbonyl (C=O) groups excluding carboxylic acids is 2. The molecule has 8 nitrogen and oxygen atoms in total. The van der Waals surface area contributed by atoms with Gasteiger partial charge in [-0.3, -0.25) is 9.59 Å². The normalized spacial score (nSPS) is 15.9. The number of rotatable bonds is 9. The van der Waals surface area contributed by atoms with Gasteiger partial charge in [-0.2, -0.15) is 0 Å². The molecule has 4 rings (SSSR count). The first-order valence-corrected chi connectivity index (χ1v) is 12.3. The van der Waals surface area contributed by atoms with Crippen LogP contribution < -0.4 is 24.3 Å². The Morgan fingerprint density at radius 1 is 1.03 bits per heavy atom. The smallest absolute Gasteiger partial charge is 0.247 e. The second-order valence-corrected chi connectivity index (χ2v) is 8.97. The van der Waals surface area contributed by atoms with E-state index in [-0.39, 0.29) is 37.1 Å². The molecule has 2 aromatic rings. The fraction of sp³-hybridized carbons (Fsp3) is 0.462. The van der Waals surface area contributed by atoms with Crippen LogP contribution in [0, 0.1) is 0 Å². The molecular formula is C26H31ClN2O6. The van der Waals surface area contributed by atoms with Gasteiger partial charge < -0.3 is 29.2 Å². The van der Waals surface area contributed by atoms with Gasteiger partial charge in [0, 0.05) is 12.6 Å². The maximum absolute atomic E-state index is 13.7. The first-order chi connectivity index (χ1) is 17.0. The Bertz CT molecular complexity index is 1060. The van der Waals surface area contributed by atoms with Crippen molar-refractivity contribution in [1.82, 2.24) is 10.2 Å².